The lowest BCUT2D eigenvalue weighted by Gasteiger charge is -2.39. The van der Waals surface area contributed by atoms with Crippen LogP contribution in [0.15, 0.2) is 54.6 Å². The molecule has 3 N–H and O–H groups in total. The Hall–Kier alpha value is -3.61. The third-order valence-corrected chi connectivity index (χ3v) is 5.92. The molecule has 152 valence electrons. The molecule has 3 heterocycles. The summed E-state index contributed by atoms with van der Waals surface area (Å²) >= 11 is 0. The normalized spacial score (nSPS) is 18.3. The molecular weight excluding hydrogens is 380 g/mol. The molecule has 0 bridgehead atoms. The predicted octanol–water partition coefficient (Wildman–Crippen LogP) is 3.50. The zero-order chi connectivity index (χ0) is 20.7. The number of carbonyl (C=O) groups is 2. The molecule has 0 aliphatic carbocycles. The van der Waals surface area contributed by atoms with E-state index in [1.165, 1.54) is 0 Å². The van der Waals surface area contributed by atoms with Crippen LogP contribution in [0.1, 0.15) is 58.5 Å². The standard InChI is InChI=1S/C23H22N4O3/c24-22(28)17-13-16(25-26-17)18-9-5-6-12-27(18)23(29)21-14-7-1-3-10-19(14)30-20-11-4-2-8-15(20)21/h1-4,7-8,10-11,13,18,21H,5-6,9,12H2,(H2,24,28)(H,25,26)/t18-/m1/s1. The zero-order valence-corrected chi connectivity index (χ0v) is 16.4. The largest absolute Gasteiger partial charge is 0.457 e. The molecule has 1 fully saturated rings. The summed E-state index contributed by atoms with van der Waals surface area (Å²) in [4.78, 5) is 27.3. The number of nitrogens with one attached hydrogen (secondary N) is 1. The fraction of sp³-hybridized carbons (Fsp3) is 0.261. The van der Waals surface area contributed by atoms with Crippen LogP contribution in [0, 0.1) is 0 Å². The summed E-state index contributed by atoms with van der Waals surface area (Å²) in [6.07, 6.45) is 2.74. The van der Waals surface area contributed by atoms with Crippen molar-refractivity contribution in [2.24, 2.45) is 5.73 Å². The summed E-state index contributed by atoms with van der Waals surface area (Å²) in [5, 5.41) is 6.93. The van der Waals surface area contributed by atoms with Gasteiger partial charge in [-0.25, -0.2) is 0 Å². The van der Waals surface area contributed by atoms with Crippen molar-refractivity contribution >= 4 is 11.8 Å². The Labute approximate surface area is 173 Å². The van der Waals surface area contributed by atoms with E-state index in [2.05, 4.69) is 10.2 Å². The molecule has 7 heteroatoms. The molecule has 0 unspecified atom stereocenters. The van der Waals surface area contributed by atoms with Gasteiger partial charge in [-0.1, -0.05) is 36.4 Å². The number of amides is 2. The van der Waals surface area contributed by atoms with Gasteiger partial charge in [-0.15, -0.1) is 0 Å². The lowest BCUT2D eigenvalue weighted by atomic mass is 9.85. The summed E-state index contributed by atoms with van der Waals surface area (Å²) in [6.45, 7) is 0.649. The van der Waals surface area contributed by atoms with Crippen molar-refractivity contribution in [3.63, 3.8) is 0 Å². The number of carbonyl (C=O) groups excluding carboxylic acids is 2. The summed E-state index contributed by atoms with van der Waals surface area (Å²) in [5.41, 5.74) is 8.02. The van der Waals surface area contributed by atoms with Crippen molar-refractivity contribution in [1.82, 2.24) is 15.1 Å². The first-order chi connectivity index (χ1) is 14.6. The molecule has 1 aromatic heterocycles. The van der Waals surface area contributed by atoms with Gasteiger partial charge < -0.3 is 15.4 Å². The van der Waals surface area contributed by atoms with E-state index in [-0.39, 0.29) is 17.6 Å². The highest BCUT2D eigenvalue weighted by Crippen LogP contribution is 2.46. The number of fused-ring (bicyclic) bond motifs is 2. The van der Waals surface area contributed by atoms with Crippen molar-refractivity contribution in [3.8, 4) is 11.5 Å². The van der Waals surface area contributed by atoms with Crippen LogP contribution in [0.3, 0.4) is 0 Å². The molecule has 0 spiro atoms. The number of piperidine rings is 1. The van der Waals surface area contributed by atoms with Gasteiger partial charge in [-0.05, 0) is 37.5 Å². The molecule has 1 atom stereocenters. The zero-order valence-electron chi connectivity index (χ0n) is 16.4. The van der Waals surface area contributed by atoms with E-state index in [9.17, 15) is 9.59 Å². The van der Waals surface area contributed by atoms with Crippen LogP contribution in [-0.4, -0.2) is 33.5 Å². The maximum Gasteiger partial charge on any atom is 0.269 e. The highest BCUT2D eigenvalue weighted by atomic mass is 16.5. The van der Waals surface area contributed by atoms with E-state index >= 15 is 0 Å². The molecule has 0 saturated carbocycles. The summed E-state index contributed by atoms with van der Waals surface area (Å²) < 4.78 is 6.05. The van der Waals surface area contributed by atoms with Crippen LogP contribution in [0.2, 0.25) is 0 Å². The van der Waals surface area contributed by atoms with Gasteiger partial charge in [0.05, 0.1) is 17.7 Å². The van der Waals surface area contributed by atoms with Crippen molar-refractivity contribution < 1.29 is 14.3 Å². The van der Waals surface area contributed by atoms with Gasteiger partial charge >= 0.3 is 0 Å². The molecular formula is C23H22N4O3. The summed E-state index contributed by atoms with van der Waals surface area (Å²) in [5.74, 6) is 0.420. The molecule has 5 rings (SSSR count). The maximum absolute atomic E-state index is 13.9. The molecule has 2 aliphatic heterocycles. The number of ether oxygens (including phenoxy) is 1. The average Bonchev–Trinajstić information content (AvgIpc) is 3.27. The minimum atomic E-state index is -0.585. The van der Waals surface area contributed by atoms with Gasteiger partial charge in [0.2, 0.25) is 5.91 Å². The van der Waals surface area contributed by atoms with Gasteiger partial charge in [0.15, 0.2) is 0 Å². The Kier molecular flexibility index (Phi) is 4.50. The third-order valence-electron chi connectivity index (χ3n) is 5.92. The van der Waals surface area contributed by atoms with E-state index in [1.807, 2.05) is 53.4 Å². The summed E-state index contributed by atoms with van der Waals surface area (Å²) in [6, 6.07) is 16.9. The lowest BCUT2D eigenvalue weighted by Crippen LogP contribution is -2.42. The molecule has 2 aliphatic rings. The number of H-pyrrole nitrogens is 1. The number of rotatable bonds is 3. The number of primary amides is 1. The molecule has 1 saturated heterocycles. The second-order valence-corrected chi connectivity index (χ2v) is 7.73. The highest BCUT2D eigenvalue weighted by Gasteiger charge is 2.39. The number of hydrogen-bond acceptors (Lipinski definition) is 4. The van der Waals surface area contributed by atoms with Crippen LogP contribution in [0.25, 0.3) is 0 Å². The number of para-hydroxylation sites is 2. The Balaban J connectivity index is 1.55. The molecule has 7 nitrogen and oxygen atoms in total. The van der Waals surface area contributed by atoms with Crippen molar-refractivity contribution in [3.05, 3.63) is 77.1 Å². The smallest absolute Gasteiger partial charge is 0.269 e. The number of nitrogens with two attached hydrogens (primary N) is 1. The van der Waals surface area contributed by atoms with Crippen LogP contribution >= 0.6 is 0 Å². The maximum atomic E-state index is 13.9. The van der Waals surface area contributed by atoms with Crippen LogP contribution in [-0.2, 0) is 4.79 Å². The predicted molar refractivity (Wildman–Crippen MR) is 110 cm³/mol. The highest BCUT2D eigenvalue weighted by molar-refractivity contribution is 5.91. The van der Waals surface area contributed by atoms with Gasteiger partial charge in [0, 0.05) is 17.7 Å². The second-order valence-electron chi connectivity index (χ2n) is 7.73. The Morgan fingerprint density at radius 3 is 2.33 bits per heavy atom. The second kappa shape index (κ2) is 7.33. The van der Waals surface area contributed by atoms with E-state index in [4.69, 9.17) is 10.5 Å². The van der Waals surface area contributed by atoms with E-state index in [1.54, 1.807) is 6.07 Å². The van der Waals surface area contributed by atoms with Crippen LogP contribution in [0.4, 0.5) is 0 Å². The van der Waals surface area contributed by atoms with Gasteiger partial charge in [0.25, 0.3) is 5.91 Å². The van der Waals surface area contributed by atoms with Crippen molar-refractivity contribution in [1.29, 1.82) is 0 Å². The quantitative estimate of drug-likeness (QED) is 0.700. The Morgan fingerprint density at radius 2 is 1.70 bits per heavy atom. The van der Waals surface area contributed by atoms with Crippen molar-refractivity contribution in [2.75, 3.05) is 6.54 Å². The topological polar surface area (TPSA) is 101 Å². The van der Waals surface area contributed by atoms with Gasteiger partial charge in [0.1, 0.15) is 17.2 Å². The molecule has 2 amide bonds. The fourth-order valence-corrected chi connectivity index (χ4v) is 4.49. The first-order valence-corrected chi connectivity index (χ1v) is 10.1. The molecule has 2 aromatic carbocycles. The van der Waals surface area contributed by atoms with Crippen LogP contribution < -0.4 is 10.5 Å². The SMILES string of the molecule is NC(=O)c1cc([C@H]2CCCCN2C(=O)C2c3ccccc3Oc3ccccc32)[nH]n1. The third kappa shape index (κ3) is 3.03. The fourth-order valence-electron chi connectivity index (χ4n) is 4.49. The molecule has 0 radical (unpaired) electrons. The number of hydrogen-bond donors (Lipinski definition) is 2. The minimum Gasteiger partial charge on any atom is -0.457 e. The van der Waals surface area contributed by atoms with Gasteiger partial charge in [-0.2, -0.15) is 5.10 Å². The summed E-state index contributed by atoms with van der Waals surface area (Å²) in [7, 11) is 0. The van der Waals surface area contributed by atoms with E-state index in [0.29, 0.717) is 18.0 Å². The van der Waals surface area contributed by atoms with Gasteiger partial charge in [-0.3, -0.25) is 14.7 Å². The van der Waals surface area contributed by atoms with E-state index in [0.717, 1.165) is 36.1 Å². The number of aromatic nitrogens is 2. The number of likely N-dealkylation sites (tertiary alicyclic amines) is 1. The monoisotopic (exact) mass is 402 g/mol. The number of nitrogens with zero attached hydrogens (tertiary/aromatic N) is 2. The van der Waals surface area contributed by atoms with Crippen LogP contribution in [0.5, 0.6) is 11.5 Å². The molecule has 3 aromatic rings. The molecule has 30 heavy (non-hydrogen) atoms. The number of benzene rings is 2. The first kappa shape index (κ1) is 18.4. The average molecular weight is 402 g/mol. The Bertz CT molecular complexity index is 1080. The number of aromatic amines is 1. The Morgan fingerprint density at radius 1 is 1.03 bits per heavy atom. The lowest BCUT2D eigenvalue weighted by molar-refractivity contribution is -0.136. The minimum absolute atomic E-state index is 0.0260. The first-order valence-electron chi connectivity index (χ1n) is 10.1. The van der Waals surface area contributed by atoms with E-state index < -0.39 is 11.8 Å². The van der Waals surface area contributed by atoms with Crippen molar-refractivity contribution in [2.45, 2.75) is 31.2 Å².